The highest BCUT2D eigenvalue weighted by molar-refractivity contribution is 9.10. The molecule has 1 heterocycles. The van der Waals surface area contributed by atoms with Crippen LogP contribution in [-0.4, -0.2) is 4.98 Å². The quantitative estimate of drug-likeness (QED) is 0.860. The molecule has 1 aromatic heterocycles. The van der Waals surface area contributed by atoms with E-state index in [1.54, 1.807) is 12.3 Å². The molecule has 17 heavy (non-hydrogen) atoms. The summed E-state index contributed by atoms with van der Waals surface area (Å²) >= 11 is 3.28. The highest BCUT2D eigenvalue weighted by Crippen LogP contribution is 2.20. The number of anilines is 1. The van der Waals surface area contributed by atoms with Crippen LogP contribution in [0.3, 0.4) is 0 Å². The number of hydrogen-bond donors (Lipinski definition) is 1. The number of hydrogen-bond acceptors (Lipinski definition) is 2. The molecule has 0 aliphatic carbocycles. The molecule has 0 spiro atoms. The minimum Gasteiger partial charge on any atom is -0.377 e. The van der Waals surface area contributed by atoms with Crippen LogP contribution in [0.15, 0.2) is 47.2 Å². The van der Waals surface area contributed by atoms with Crippen molar-refractivity contribution in [2.75, 3.05) is 5.32 Å². The largest absolute Gasteiger partial charge is 0.377 e. The van der Waals surface area contributed by atoms with Crippen LogP contribution in [0.4, 0.5) is 10.1 Å². The van der Waals surface area contributed by atoms with Crippen LogP contribution < -0.4 is 5.32 Å². The van der Waals surface area contributed by atoms with E-state index < -0.39 is 0 Å². The highest BCUT2D eigenvalue weighted by atomic mass is 79.9. The lowest BCUT2D eigenvalue weighted by atomic mass is 10.1. The summed E-state index contributed by atoms with van der Waals surface area (Å²) in [5.41, 5.74) is 1.82. The predicted octanol–water partition coefficient (Wildman–Crippen LogP) is 4.16. The molecular weight excluding hydrogens is 283 g/mol. The molecular formula is C13H12BrFN2. The monoisotopic (exact) mass is 294 g/mol. The van der Waals surface area contributed by atoms with Crippen molar-refractivity contribution in [1.29, 1.82) is 0 Å². The topological polar surface area (TPSA) is 24.9 Å². The number of pyridine rings is 1. The van der Waals surface area contributed by atoms with Crippen molar-refractivity contribution in [1.82, 2.24) is 4.98 Å². The van der Waals surface area contributed by atoms with Crippen LogP contribution in [-0.2, 0) is 0 Å². The van der Waals surface area contributed by atoms with Crippen molar-refractivity contribution in [3.8, 4) is 0 Å². The van der Waals surface area contributed by atoms with Crippen LogP contribution in [0.2, 0.25) is 0 Å². The van der Waals surface area contributed by atoms with Gasteiger partial charge in [-0.3, -0.25) is 0 Å². The zero-order chi connectivity index (χ0) is 12.3. The molecule has 0 saturated carbocycles. The fraction of sp³-hybridized carbons (Fsp3) is 0.154. The standard InChI is InChI=1S/C13H12BrFN2/c1-9(10-3-2-4-11(15)7-10)17-12-5-6-13(14)16-8-12/h2-9,17H,1H3. The van der Waals surface area contributed by atoms with Gasteiger partial charge in [0.05, 0.1) is 11.9 Å². The van der Waals surface area contributed by atoms with Gasteiger partial charge >= 0.3 is 0 Å². The summed E-state index contributed by atoms with van der Waals surface area (Å²) in [5, 5.41) is 3.26. The van der Waals surface area contributed by atoms with Crippen LogP contribution in [0.1, 0.15) is 18.5 Å². The molecule has 0 saturated heterocycles. The summed E-state index contributed by atoms with van der Waals surface area (Å²) in [7, 11) is 0. The Hall–Kier alpha value is -1.42. The molecule has 0 bridgehead atoms. The summed E-state index contributed by atoms with van der Waals surface area (Å²) in [6.07, 6.45) is 1.74. The van der Waals surface area contributed by atoms with Gasteiger partial charge in [-0.05, 0) is 52.7 Å². The van der Waals surface area contributed by atoms with Crippen LogP contribution in [0.5, 0.6) is 0 Å². The van der Waals surface area contributed by atoms with Crippen molar-refractivity contribution in [3.05, 3.63) is 58.6 Å². The lowest BCUT2D eigenvalue weighted by Gasteiger charge is -2.15. The first-order valence-corrected chi connectivity index (χ1v) is 6.08. The van der Waals surface area contributed by atoms with Crippen molar-refractivity contribution >= 4 is 21.6 Å². The molecule has 4 heteroatoms. The normalized spacial score (nSPS) is 12.2. The molecule has 0 amide bonds. The Kier molecular flexibility index (Phi) is 3.74. The van der Waals surface area contributed by atoms with E-state index in [0.717, 1.165) is 15.9 Å². The number of halogens is 2. The molecule has 2 rings (SSSR count). The average molecular weight is 295 g/mol. The minimum absolute atomic E-state index is 0.0358. The van der Waals surface area contributed by atoms with Gasteiger partial charge in [-0.2, -0.15) is 0 Å². The number of aromatic nitrogens is 1. The molecule has 0 aliphatic heterocycles. The fourth-order valence-corrected chi connectivity index (χ4v) is 1.81. The van der Waals surface area contributed by atoms with E-state index in [0.29, 0.717) is 0 Å². The molecule has 0 radical (unpaired) electrons. The Balaban J connectivity index is 2.11. The van der Waals surface area contributed by atoms with Gasteiger partial charge in [0.25, 0.3) is 0 Å². The summed E-state index contributed by atoms with van der Waals surface area (Å²) in [6.45, 7) is 1.98. The summed E-state index contributed by atoms with van der Waals surface area (Å²) in [5.74, 6) is -0.218. The first-order valence-electron chi connectivity index (χ1n) is 5.29. The lowest BCUT2D eigenvalue weighted by Crippen LogP contribution is -2.06. The van der Waals surface area contributed by atoms with Crippen LogP contribution in [0.25, 0.3) is 0 Å². The van der Waals surface area contributed by atoms with Crippen LogP contribution >= 0.6 is 15.9 Å². The van der Waals surface area contributed by atoms with Gasteiger partial charge in [0.15, 0.2) is 0 Å². The third kappa shape index (κ3) is 3.27. The molecule has 2 aromatic rings. The number of benzene rings is 1. The molecule has 1 unspecified atom stereocenters. The van der Waals surface area contributed by atoms with Crippen molar-refractivity contribution < 1.29 is 4.39 Å². The summed E-state index contributed by atoms with van der Waals surface area (Å²) in [4.78, 5) is 4.12. The highest BCUT2D eigenvalue weighted by Gasteiger charge is 2.06. The summed E-state index contributed by atoms with van der Waals surface area (Å²) in [6, 6.07) is 10.4. The maximum absolute atomic E-state index is 13.1. The maximum atomic E-state index is 13.1. The van der Waals surface area contributed by atoms with E-state index in [1.165, 1.54) is 12.1 Å². The van der Waals surface area contributed by atoms with E-state index in [4.69, 9.17) is 0 Å². The molecule has 2 nitrogen and oxygen atoms in total. The van der Waals surface area contributed by atoms with Gasteiger partial charge < -0.3 is 5.32 Å². The maximum Gasteiger partial charge on any atom is 0.123 e. The second kappa shape index (κ2) is 5.27. The molecule has 0 fully saturated rings. The summed E-state index contributed by atoms with van der Waals surface area (Å²) < 4.78 is 13.9. The van der Waals surface area contributed by atoms with Gasteiger partial charge in [-0.1, -0.05) is 12.1 Å². The predicted molar refractivity (Wildman–Crippen MR) is 70.4 cm³/mol. The molecule has 88 valence electrons. The third-order valence-corrected chi connectivity index (χ3v) is 2.93. The minimum atomic E-state index is -0.218. The van der Waals surface area contributed by atoms with E-state index >= 15 is 0 Å². The van der Waals surface area contributed by atoms with Crippen molar-refractivity contribution in [3.63, 3.8) is 0 Å². The smallest absolute Gasteiger partial charge is 0.123 e. The first kappa shape index (κ1) is 12.0. The number of nitrogens with zero attached hydrogens (tertiary/aromatic N) is 1. The third-order valence-electron chi connectivity index (χ3n) is 2.46. The Morgan fingerprint density at radius 3 is 2.76 bits per heavy atom. The van der Waals surface area contributed by atoms with E-state index in [2.05, 4.69) is 26.2 Å². The number of nitrogens with one attached hydrogen (secondary N) is 1. The van der Waals surface area contributed by atoms with Crippen molar-refractivity contribution in [2.24, 2.45) is 0 Å². The zero-order valence-electron chi connectivity index (χ0n) is 9.32. The van der Waals surface area contributed by atoms with E-state index in [1.807, 2.05) is 25.1 Å². The molecule has 0 aliphatic rings. The Labute approximate surface area is 108 Å². The number of rotatable bonds is 3. The van der Waals surface area contributed by atoms with E-state index in [9.17, 15) is 4.39 Å². The first-order chi connectivity index (χ1) is 8.15. The van der Waals surface area contributed by atoms with E-state index in [-0.39, 0.29) is 11.9 Å². The van der Waals surface area contributed by atoms with Gasteiger partial charge in [0.2, 0.25) is 0 Å². The SMILES string of the molecule is CC(Nc1ccc(Br)nc1)c1cccc(F)c1. The van der Waals surface area contributed by atoms with Gasteiger partial charge in [-0.25, -0.2) is 9.37 Å². The second-order valence-electron chi connectivity index (χ2n) is 3.79. The molecule has 1 N–H and O–H groups in total. The Morgan fingerprint density at radius 1 is 1.29 bits per heavy atom. The lowest BCUT2D eigenvalue weighted by molar-refractivity contribution is 0.623. The molecule has 1 atom stereocenters. The Morgan fingerprint density at radius 2 is 2.12 bits per heavy atom. The zero-order valence-corrected chi connectivity index (χ0v) is 10.9. The average Bonchev–Trinajstić information content (AvgIpc) is 2.32. The van der Waals surface area contributed by atoms with Gasteiger partial charge in [-0.15, -0.1) is 0 Å². The van der Waals surface area contributed by atoms with Crippen LogP contribution in [0, 0.1) is 5.82 Å². The van der Waals surface area contributed by atoms with Gasteiger partial charge in [0.1, 0.15) is 10.4 Å². The van der Waals surface area contributed by atoms with Gasteiger partial charge in [0, 0.05) is 6.04 Å². The molecule has 1 aromatic carbocycles. The second-order valence-corrected chi connectivity index (χ2v) is 4.60. The van der Waals surface area contributed by atoms with Crippen molar-refractivity contribution in [2.45, 2.75) is 13.0 Å². The Bertz CT molecular complexity index is 499. The fourth-order valence-electron chi connectivity index (χ4n) is 1.57.